The van der Waals surface area contributed by atoms with E-state index in [-0.39, 0.29) is 18.2 Å². The lowest BCUT2D eigenvalue weighted by atomic mass is 9.81. The summed E-state index contributed by atoms with van der Waals surface area (Å²) in [6, 6.07) is 0.452. The third-order valence-electron chi connectivity index (χ3n) is 12.2. The number of piperidine rings is 1. The lowest BCUT2D eigenvalue weighted by Gasteiger charge is -2.31. The predicted octanol–water partition coefficient (Wildman–Crippen LogP) is 6.90. The fourth-order valence-electron chi connectivity index (χ4n) is 9.11. The molecule has 1 aliphatic heterocycles. The SMILES string of the molecule is CCCCC[C@H]1C=C[C@@H](CCCCC[C@@H](C(=O)O)[C@@H](O)CC[C@]2(O)C[C@@H](CN[C@@H](C)CCCCC)[C@H](CC3CCNC(N)C3)C2)[C@H](O)C1. The Hall–Kier alpha value is -1.03. The molecule has 1 saturated carbocycles. The molecule has 48 heavy (non-hydrogen) atoms. The van der Waals surface area contributed by atoms with E-state index in [9.17, 15) is 25.2 Å². The molecule has 2 unspecified atom stereocenters. The molecule has 0 aromatic carbocycles. The van der Waals surface area contributed by atoms with Crippen LogP contribution in [-0.4, -0.2) is 69.5 Å². The molecule has 280 valence electrons. The minimum atomic E-state index is -0.962. The Labute approximate surface area is 293 Å². The number of allylic oxidation sites excluding steroid dienone is 1. The summed E-state index contributed by atoms with van der Waals surface area (Å²) in [4.78, 5) is 12.2. The molecular formula is C40H75N3O5. The smallest absolute Gasteiger partial charge is 0.309 e. The number of nitrogens with two attached hydrogens (primary N) is 1. The van der Waals surface area contributed by atoms with Crippen LogP contribution in [0.2, 0.25) is 0 Å². The first-order valence-electron chi connectivity index (χ1n) is 20.3. The minimum Gasteiger partial charge on any atom is -0.481 e. The van der Waals surface area contributed by atoms with Crippen LogP contribution in [0.25, 0.3) is 0 Å². The second-order valence-electron chi connectivity index (χ2n) is 16.4. The number of carboxylic acid groups (broad SMARTS) is 1. The van der Waals surface area contributed by atoms with Crippen LogP contribution < -0.4 is 16.4 Å². The van der Waals surface area contributed by atoms with Crippen molar-refractivity contribution in [1.82, 2.24) is 10.6 Å². The zero-order valence-electron chi connectivity index (χ0n) is 31.0. The van der Waals surface area contributed by atoms with Crippen molar-refractivity contribution in [3.8, 4) is 0 Å². The van der Waals surface area contributed by atoms with Crippen molar-refractivity contribution in [2.24, 2.45) is 41.2 Å². The molecule has 3 rings (SSSR count). The van der Waals surface area contributed by atoms with Crippen molar-refractivity contribution in [2.75, 3.05) is 13.1 Å². The maximum atomic E-state index is 12.2. The number of hydrogen-bond donors (Lipinski definition) is 7. The molecule has 0 bridgehead atoms. The van der Waals surface area contributed by atoms with Gasteiger partial charge in [-0.3, -0.25) is 4.79 Å². The second kappa shape index (κ2) is 22.0. The van der Waals surface area contributed by atoms with E-state index in [0.717, 1.165) is 70.9 Å². The molecule has 11 atom stereocenters. The Morgan fingerprint density at radius 3 is 2.38 bits per heavy atom. The zero-order chi connectivity index (χ0) is 34.9. The van der Waals surface area contributed by atoms with Gasteiger partial charge in [-0.25, -0.2) is 0 Å². The number of rotatable bonds is 24. The van der Waals surface area contributed by atoms with Gasteiger partial charge in [-0.15, -0.1) is 0 Å². The molecular weight excluding hydrogens is 602 g/mol. The summed E-state index contributed by atoms with van der Waals surface area (Å²) in [5, 5.41) is 50.7. The van der Waals surface area contributed by atoms with Gasteiger partial charge < -0.3 is 36.8 Å². The van der Waals surface area contributed by atoms with Crippen LogP contribution in [-0.2, 0) is 4.79 Å². The summed E-state index contributed by atoms with van der Waals surface area (Å²) < 4.78 is 0. The van der Waals surface area contributed by atoms with Crippen LogP contribution in [0.1, 0.15) is 156 Å². The number of carbonyl (C=O) groups is 1. The van der Waals surface area contributed by atoms with Crippen LogP contribution >= 0.6 is 0 Å². The monoisotopic (exact) mass is 678 g/mol. The van der Waals surface area contributed by atoms with Crippen molar-refractivity contribution < 1.29 is 25.2 Å². The maximum Gasteiger partial charge on any atom is 0.309 e. The Morgan fingerprint density at radius 2 is 1.67 bits per heavy atom. The topological polar surface area (TPSA) is 148 Å². The van der Waals surface area contributed by atoms with E-state index < -0.39 is 23.6 Å². The van der Waals surface area contributed by atoms with Crippen molar-refractivity contribution in [3.05, 3.63) is 12.2 Å². The van der Waals surface area contributed by atoms with E-state index in [1.165, 1.54) is 44.9 Å². The number of aliphatic hydroxyl groups is 3. The van der Waals surface area contributed by atoms with Gasteiger partial charge in [-0.05, 0) is 121 Å². The van der Waals surface area contributed by atoms with Crippen LogP contribution in [0.3, 0.4) is 0 Å². The van der Waals surface area contributed by atoms with Gasteiger partial charge in [0.15, 0.2) is 0 Å². The molecule has 0 spiro atoms. The summed E-state index contributed by atoms with van der Waals surface area (Å²) in [5.41, 5.74) is 5.36. The molecule has 1 saturated heterocycles. The molecule has 0 amide bonds. The molecule has 2 fully saturated rings. The van der Waals surface area contributed by atoms with E-state index in [4.69, 9.17) is 5.73 Å². The highest BCUT2D eigenvalue weighted by Crippen LogP contribution is 2.46. The number of carboxylic acids is 1. The highest BCUT2D eigenvalue weighted by Gasteiger charge is 2.45. The van der Waals surface area contributed by atoms with Gasteiger partial charge in [0.1, 0.15) is 0 Å². The normalized spacial score (nSPS) is 32.7. The lowest BCUT2D eigenvalue weighted by Crippen LogP contribution is -2.44. The second-order valence-corrected chi connectivity index (χ2v) is 16.4. The summed E-state index contributed by atoms with van der Waals surface area (Å²) in [5.74, 6) is 0.259. The first-order valence-corrected chi connectivity index (χ1v) is 20.3. The fourth-order valence-corrected chi connectivity index (χ4v) is 9.11. The molecule has 0 radical (unpaired) electrons. The van der Waals surface area contributed by atoms with Gasteiger partial charge in [0.2, 0.25) is 0 Å². The Morgan fingerprint density at radius 1 is 0.958 bits per heavy atom. The number of aliphatic carboxylic acids is 1. The average Bonchev–Trinajstić information content (AvgIpc) is 3.36. The lowest BCUT2D eigenvalue weighted by molar-refractivity contribution is -0.146. The third kappa shape index (κ3) is 14.7. The van der Waals surface area contributed by atoms with E-state index in [1.54, 1.807) is 0 Å². The van der Waals surface area contributed by atoms with E-state index >= 15 is 0 Å². The standard InChI is InChI=1S/C40H75N3O5/c1-4-6-9-13-29(3)43-28-34-27-40(48,26-33(34)23-31-20-22-42-38(41)25-31)21-19-36(44)35(39(46)47)16-12-8-11-15-32-18-17-30(24-37(32)45)14-10-7-5-2/h17-18,29-38,42-45,48H,4-16,19-28,41H2,1-3H3,(H,46,47)/t29-,30-,31?,32+,33+,34-,35+,36-,37+,38?,40+/m0/s1. The van der Waals surface area contributed by atoms with Gasteiger partial charge in [-0.2, -0.15) is 0 Å². The van der Waals surface area contributed by atoms with E-state index in [2.05, 4.69) is 43.6 Å². The number of nitrogens with one attached hydrogen (secondary N) is 2. The molecule has 8 heteroatoms. The van der Waals surface area contributed by atoms with Crippen LogP contribution in [0.5, 0.6) is 0 Å². The van der Waals surface area contributed by atoms with Crippen molar-refractivity contribution in [1.29, 1.82) is 0 Å². The van der Waals surface area contributed by atoms with Crippen molar-refractivity contribution in [2.45, 2.75) is 186 Å². The number of unbranched alkanes of at least 4 members (excludes halogenated alkanes) is 6. The van der Waals surface area contributed by atoms with Crippen LogP contribution in [0.4, 0.5) is 0 Å². The number of hydrogen-bond acceptors (Lipinski definition) is 7. The van der Waals surface area contributed by atoms with E-state index in [1.807, 2.05) is 0 Å². The number of aliphatic hydroxyl groups excluding tert-OH is 2. The summed E-state index contributed by atoms with van der Waals surface area (Å²) in [6.45, 7) is 8.56. The fraction of sp³-hybridized carbons (Fsp3) is 0.925. The van der Waals surface area contributed by atoms with Crippen LogP contribution in [0.15, 0.2) is 12.2 Å². The van der Waals surface area contributed by atoms with Gasteiger partial charge >= 0.3 is 5.97 Å². The van der Waals surface area contributed by atoms with Gasteiger partial charge in [-0.1, -0.05) is 83.8 Å². The molecule has 0 aromatic rings. The zero-order valence-corrected chi connectivity index (χ0v) is 31.0. The van der Waals surface area contributed by atoms with Gasteiger partial charge in [0, 0.05) is 12.0 Å². The van der Waals surface area contributed by atoms with Gasteiger partial charge in [0.25, 0.3) is 0 Å². The molecule has 1 heterocycles. The molecule has 8 N–H and O–H groups in total. The molecule has 3 aliphatic rings. The Balaban J connectivity index is 1.45. The van der Waals surface area contributed by atoms with Crippen molar-refractivity contribution in [3.63, 3.8) is 0 Å². The summed E-state index contributed by atoms with van der Waals surface area (Å²) in [6.07, 6.45) is 23.2. The first kappa shape index (κ1) is 41.4. The Bertz CT molecular complexity index is 919. The largest absolute Gasteiger partial charge is 0.481 e. The predicted molar refractivity (Wildman–Crippen MR) is 196 cm³/mol. The Kier molecular flexibility index (Phi) is 19.0. The highest BCUT2D eigenvalue weighted by atomic mass is 16.4. The molecule has 0 aromatic heterocycles. The quantitative estimate of drug-likeness (QED) is 0.0431. The molecule has 2 aliphatic carbocycles. The van der Waals surface area contributed by atoms with Gasteiger partial charge in [0.05, 0.1) is 29.9 Å². The molecule has 8 nitrogen and oxygen atoms in total. The third-order valence-corrected chi connectivity index (χ3v) is 12.2. The van der Waals surface area contributed by atoms with Crippen LogP contribution in [0, 0.1) is 35.5 Å². The minimum absolute atomic E-state index is 0.0471. The summed E-state index contributed by atoms with van der Waals surface area (Å²) in [7, 11) is 0. The summed E-state index contributed by atoms with van der Waals surface area (Å²) >= 11 is 0. The highest BCUT2D eigenvalue weighted by molar-refractivity contribution is 5.70. The van der Waals surface area contributed by atoms with Crippen molar-refractivity contribution >= 4 is 5.97 Å². The first-order chi connectivity index (χ1) is 23.0. The maximum absolute atomic E-state index is 12.2. The van der Waals surface area contributed by atoms with E-state index in [0.29, 0.717) is 61.8 Å². The average molecular weight is 678 g/mol.